The van der Waals surface area contributed by atoms with Gasteiger partial charge in [0.05, 0.1) is 5.70 Å². The monoisotopic (exact) mass is 239 g/mol. The molecule has 0 fully saturated rings. The lowest BCUT2D eigenvalue weighted by molar-refractivity contribution is -0.0523. The van der Waals surface area contributed by atoms with Crippen molar-refractivity contribution < 1.29 is 9.60 Å². The van der Waals surface area contributed by atoms with Crippen LogP contribution < -0.4 is 11.1 Å². The van der Waals surface area contributed by atoms with E-state index in [2.05, 4.69) is 21.9 Å². The molecule has 0 amide bonds. The van der Waals surface area contributed by atoms with Gasteiger partial charge in [-0.25, -0.2) is 10.0 Å². The highest BCUT2D eigenvalue weighted by molar-refractivity contribution is 5.46. The minimum Gasteiger partial charge on any atom is -0.383 e. The van der Waals surface area contributed by atoms with Crippen LogP contribution in [0.5, 0.6) is 0 Å². The summed E-state index contributed by atoms with van der Waals surface area (Å²) < 4.78 is 13.4. The Morgan fingerprint density at radius 2 is 2.35 bits per heavy atom. The third-order valence-electron chi connectivity index (χ3n) is 1.97. The van der Waals surface area contributed by atoms with Gasteiger partial charge in [0.15, 0.2) is 0 Å². The van der Waals surface area contributed by atoms with Crippen LogP contribution in [-0.2, 0) is 0 Å². The standard InChI is InChI=1S/C10H14FN5O/c1-4-7(8(11)16(3)17)14-10-13-5-6(2)9(12)15-10/h4-5,17H,1H2,2-3H3,(H3,12,13,14,15)/b8-7+. The molecule has 0 radical (unpaired) electrons. The van der Waals surface area contributed by atoms with E-state index < -0.39 is 5.95 Å². The lowest BCUT2D eigenvalue weighted by Gasteiger charge is -2.12. The highest BCUT2D eigenvalue weighted by atomic mass is 19.1. The number of hydrogen-bond acceptors (Lipinski definition) is 6. The molecule has 0 aliphatic heterocycles. The molecule has 0 spiro atoms. The number of nitrogens with two attached hydrogens (primary N) is 1. The number of nitrogen functional groups attached to an aromatic ring is 1. The first kappa shape index (κ1) is 12.9. The van der Waals surface area contributed by atoms with E-state index >= 15 is 0 Å². The number of anilines is 2. The van der Waals surface area contributed by atoms with Crippen LogP contribution >= 0.6 is 0 Å². The lowest BCUT2D eigenvalue weighted by atomic mass is 10.3. The average molecular weight is 239 g/mol. The smallest absolute Gasteiger partial charge is 0.236 e. The number of nitrogens with zero attached hydrogens (tertiary/aromatic N) is 3. The largest absolute Gasteiger partial charge is 0.383 e. The Labute approximate surface area is 98.2 Å². The van der Waals surface area contributed by atoms with Crippen molar-refractivity contribution in [2.45, 2.75) is 6.92 Å². The van der Waals surface area contributed by atoms with Gasteiger partial charge in [-0.2, -0.15) is 9.37 Å². The molecule has 0 saturated heterocycles. The molecule has 0 aliphatic rings. The Kier molecular flexibility index (Phi) is 4.00. The molecule has 0 saturated carbocycles. The van der Waals surface area contributed by atoms with E-state index in [0.717, 1.165) is 12.6 Å². The van der Waals surface area contributed by atoms with Gasteiger partial charge in [-0.15, -0.1) is 0 Å². The number of aryl methyl sites for hydroxylation is 1. The minimum absolute atomic E-state index is 0.0572. The molecule has 17 heavy (non-hydrogen) atoms. The molecule has 4 N–H and O–H groups in total. The zero-order valence-corrected chi connectivity index (χ0v) is 9.61. The van der Waals surface area contributed by atoms with Crippen LogP contribution in [0.3, 0.4) is 0 Å². The van der Waals surface area contributed by atoms with Crippen molar-refractivity contribution >= 4 is 11.8 Å². The first-order valence-electron chi connectivity index (χ1n) is 4.76. The van der Waals surface area contributed by atoms with Gasteiger partial charge in [0.25, 0.3) is 0 Å². The van der Waals surface area contributed by atoms with Crippen LogP contribution in [0.1, 0.15) is 5.56 Å². The number of aromatic nitrogens is 2. The van der Waals surface area contributed by atoms with E-state index in [1.165, 1.54) is 12.3 Å². The Morgan fingerprint density at radius 1 is 1.71 bits per heavy atom. The quantitative estimate of drug-likeness (QED) is 0.418. The Hall–Kier alpha value is -2.15. The van der Waals surface area contributed by atoms with Crippen LogP contribution in [0, 0.1) is 6.92 Å². The Morgan fingerprint density at radius 3 is 2.82 bits per heavy atom. The van der Waals surface area contributed by atoms with E-state index in [0.29, 0.717) is 10.9 Å². The van der Waals surface area contributed by atoms with Crippen molar-refractivity contribution in [1.82, 2.24) is 15.0 Å². The highest BCUT2D eigenvalue weighted by Crippen LogP contribution is 2.14. The van der Waals surface area contributed by atoms with E-state index in [1.54, 1.807) is 6.92 Å². The van der Waals surface area contributed by atoms with Crippen molar-refractivity contribution in [3.05, 3.63) is 36.1 Å². The summed E-state index contributed by atoms with van der Waals surface area (Å²) in [7, 11) is 1.14. The third-order valence-corrected chi connectivity index (χ3v) is 1.97. The maximum Gasteiger partial charge on any atom is 0.236 e. The third kappa shape index (κ3) is 3.15. The number of nitrogens with one attached hydrogen (secondary N) is 1. The lowest BCUT2D eigenvalue weighted by Crippen LogP contribution is -2.14. The van der Waals surface area contributed by atoms with E-state index in [-0.39, 0.29) is 11.6 Å². The molecule has 7 heteroatoms. The molecule has 92 valence electrons. The maximum atomic E-state index is 13.4. The molecule has 0 aromatic carbocycles. The zero-order valence-electron chi connectivity index (χ0n) is 9.61. The predicted molar refractivity (Wildman–Crippen MR) is 62.7 cm³/mol. The fourth-order valence-electron chi connectivity index (χ4n) is 0.997. The maximum absolute atomic E-state index is 13.4. The SMILES string of the molecule is C=C/C(Nc1ncc(C)c(N)n1)=C(/F)N(C)O. The second-order valence-electron chi connectivity index (χ2n) is 3.32. The van der Waals surface area contributed by atoms with Crippen molar-refractivity contribution in [1.29, 1.82) is 0 Å². The van der Waals surface area contributed by atoms with E-state index in [9.17, 15) is 4.39 Å². The predicted octanol–water partition coefficient (Wildman–Crippen LogP) is 1.42. The molecule has 0 bridgehead atoms. The molecule has 1 rings (SSSR count). The van der Waals surface area contributed by atoms with Crippen LogP contribution in [0.25, 0.3) is 0 Å². The van der Waals surface area contributed by atoms with Crippen molar-refractivity contribution in [2.75, 3.05) is 18.1 Å². The van der Waals surface area contributed by atoms with Crippen molar-refractivity contribution in [3.63, 3.8) is 0 Å². The van der Waals surface area contributed by atoms with Gasteiger partial charge in [-0.1, -0.05) is 6.58 Å². The molecule has 6 nitrogen and oxygen atoms in total. The Balaban J connectivity index is 3.00. The Bertz CT molecular complexity index is 458. The summed E-state index contributed by atoms with van der Waals surface area (Å²) in [6, 6.07) is 0. The second-order valence-corrected chi connectivity index (χ2v) is 3.32. The number of hydrogen-bond donors (Lipinski definition) is 3. The van der Waals surface area contributed by atoms with Crippen molar-refractivity contribution in [2.24, 2.45) is 0 Å². The number of allylic oxidation sites excluding steroid dienone is 1. The molecule has 1 aromatic heterocycles. The van der Waals surface area contributed by atoms with Crippen LogP contribution in [0.15, 0.2) is 30.5 Å². The minimum atomic E-state index is -0.900. The first-order chi connectivity index (χ1) is 7.95. The number of rotatable bonds is 4. The molecule has 0 unspecified atom stereocenters. The summed E-state index contributed by atoms with van der Waals surface area (Å²) in [5, 5.41) is 11.8. The highest BCUT2D eigenvalue weighted by Gasteiger charge is 2.09. The summed E-state index contributed by atoms with van der Waals surface area (Å²) in [6.45, 7) is 5.17. The molecule has 0 atom stereocenters. The van der Waals surface area contributed by atoms with Gasteiger partial charge in [-0.05, 0) is 13.0 Å². The van der Waals surface area contributed by atoms with Gasteiger partial charge in [-0.3, -0.25) is 5.21 Å². The topological polar surface area (TPSA) is 87.3 Å². The molecule has 1 aromatic rings. The average Bonchev–Trinajstić information content (AvgIpc) is 2.29. The fourth-order valence-corrected chi connectivity index (χ4v) is 0.997. The number of halogens is 1. The van der Waals surface area contributed by atoms with Crippen LogP contribution in [0.2, 0.25) is 0 Å². The summed E-state index contributed by atoms with van der Waals surface area (Å²) >= 11 is 0. The fraction of sp³-hybridized carbons (Fsp3) is 0.200. The first-order valence-corrected chi connectivity index (χ1v) is 4.76. The van der Waals surface area contributed by atoms with E-state index in [4.69, 9.17) is 10.9 Å². The van der Waals surface area contributed by atoms with Gasteiger partial charge in [0.2, 0.25) is 11.9 Å². The van der Waals surface area contributed by atoms with Crippen molar-refractivity contribution in [3.8, 4) is 0 Å². The van der Waals surface area contributed by atoms with Crippen LogP contribution in [0.4, 0.5) is 16.2 Å². The second kappa shape index (κ2) is 5.26. The molecular formula is C10H14FN5O. The normalized spacial score (nSPS) is 11.8. The van der Waals surface area contributed by atoms with Gasteiger partial charge in [0.1, 0.15) is 5.82 Å². The summed E-state index contributed by atoms with van der Waals surface area (Å²) in [4.78, 5) is 7.83. The molecule has 0 aliphatic carbocycles. The number of hydroxylamine groups is 2. The van der Waals surface area contributed by atoms with Gasteiger partial charge in [0, 0.05) is 18.8 Å². The molecule has 1 heterocycles. The summed E-state index contributed by atoms with van der Waals surface area (Å²) in [5.41, 5.74) is 6.25. The van der Waals surface area contributed by atoms with Gasteiger partial charge >= 0.3 is 0 Å². The van der Waals surface area contributed by atoms with Gasteiger partial charge < -0.3 is 11.1 Å². The van der Waals surface area contributed by atoms with Crippen LogP contribution in [-0.4, -0.2) is 27.3 Å². The molecular weight excluding hydrogens is 225 g/mol. The zero-order chi connectivity index (χ0) is 13.0. The summed E-state index contributed by atoms with van der Waals surface area (Å²) in [6.07, 6.45) is 2.70. The van der Waals surface area contributed by atoms with E-state index in [1.807, 2.05) is 0 Å². The summed E-state index contributed by atoms with van der Waals surface area (Å²) in [5.74, 6) is -0.480.